The molecule has 39 heavy (non-hydrogen) atoms. The second-order valence-electron chi connectivity index (χ2n) is 9.01. The third-order valence-electron chi connectivity index (χ3n) is 6.27. The number of nitrogens with one attached hydrogen (secondary N) is 2. The van der Waals surface area contributed by atoms with Gasteiger partial charge in [-0.15, -0.1) is 0 Å². The van der Waals surface area contributed by atoms with Gasteiger partial charge in [0.25, 0.3) is 5.91 Å². The van der Waals surface area contributed by atoms with Crippen LogP contribution in [0.5, 0.6) is 0 Å². The summed E-state index contributed by atoms with van der Waals surface area (Å²) < 4.78 is 41.9. The maximum absolute atomic E-state index is 14.0. The van der Waals surface area contributed by atoms with Crippen LogP contribution in [0.2, 0.25) is 0 Å². The van der Waals surface area contributed by atoms with Gasteiger partial charge in [0.2, 0.25) is 5.91 Å². The molecular formula is C29H22F3N5O2. The summed E-state index contributed by atoms with van der Waals surface area (Å²) in [6.45, 7) is 0. The van der Waals surface area contributed by atoms with Crippen molar-refractivity contribution < 1.29 is 22.8 Å². The van der Waals surface area contributed by atoms with Crippen molar-refractivity contribution >= 4 is 22.7 Å². The molecule has 3 aromatic heterocycles. The summed E-state index contributed by atoms with van der Waals surface area (Å²) >= 11 is 0. The summed E-state index contributed by atoms with van der Waals surface area (Å²) in [5.41, 5.74) is 8.55. The lowest BCUT2D eigenvalue weighted by Gasteiger charge is -2.22. The molecule has 1 atom stereocenters. The highest BCUT2D eigenvalue weighted by Crippen LogP contribution is 2.30. The molecule has 7 nitrogen and oxygen atoms in total. The van der Waals surface area contributed by atoms with Gasteiger partial charge < -0.3 is 16.0 Å². The van der Waals surface area contributed by atoms with Crippen molar-refractivity contribution in [3.05, 3.63) is 119 Å². The van der Waals surface area contributed by atoms with Gasteiger partial charge >= 0.3 is 0 Å². The minimum absolute atomic E-state index is 0.0146. The van der Waals surface area contributed by atoms with Crippen LogP contribution in [-0.4, -0.2) is 26.8 Å². The molecule has 0 spiro atoms. The number of nitrogens with zero attached hydrogens (tertiary/aromatic N) is 2. The molecule has 196 valence electrons. The van der Waals surface area contributed by atoms with Crippen LogP contribution >= 0.6 is 0 Å². The first-order valence-corrected chi connectivity index (χ1v) is 12.0. The standard InChI is InChI=1S/C29H22F3N5O2/c30-19-3-4-24-23(14-19)18(15-36-24)12-27(38)37-25(10-16-8-20(31)13-21(32)9-16)28-22(2-1-6-35-28)17-5-7-34-26(11-17)29(33)39/h1-9,11,13-15,25,36H,10,12H2,(H2,33,39)(H,37,38)/t25-/m0/s1. The second-order valence-corrected chi connectivity index (χ2v) is 9.01. The van der Waals surface area contributed by atoms with Crippen molar-refractivity contribution in [3.8, 4) is 11.1 Å². The molecule has 5 rings (SSSR count). The molecule has 10 heteroatoms. The molecule has 2 aromatic carbocycles. The number of nitrogens with two attached hydrogens (primary N) is 1. The number of hydrogen-bond acceptors (Lipinski definition) is 4. The van der Waals surface area contributed by atoms with Gasteiger partial charge in [-0.2, -0.15) is 0 Å². The van der Waals surface area contributed by atoms with Crippen LogP contribution in [0.3, 0.4) is 0 Å². The summed E-state index contributed by atoms with van der Waals surface area (Å²) in [4.78, 5) is 36.5. The number of rotatable bonds is 8. The number of carbonyl (C=O) groups is 2. The van der Waals surface area contributed by atoms with Gasteiger partial charge in [0.15, 0.2) is 0 Å². The largest absolute Gasteiger partial charge is 0.364 e. The Kier molecular flexibility index (Phi) is 7.09. The topological polar surface area (TPSA) is 114 Å². The molecule has 0 bridgehead atoms. The number of benzene rings is 2. The molecule has 0 aliphatic carbocycles. The Morgan fingerprint density at radius 1 is 0.923 bits per heavy atom. The van der Waals surface area contributed by atoms with Crippen LogP contribution < -0.4 is 11.1 Å². The lowest BCUT2D eigenvalue weighted by molar-refractivity contribution is -0.121. The first kappa shape index (κ1) is 25.7. The zero-order chi connectivity index (χ0) is 27.5. The zero-order valence-corrected chi connectivity index (χ0v) is 20.4. The molecule has 3 heterocycles. The van der Waals surface area contributed by atoms with Crippen molar-refractivity contribution in [1.29, 1.82) is 0 Å². The third kappa shape index (κ3) is 5.80. The highest BCUT2D eigenvalue weighted by atomic mass is 19.1. The van der Waals surface area contributed by atoms with Gasteiger partial charge in [-0.3, -0.25) is 19.6 Å². The minimum atomic E-state index is -0.818. The van der Waals surface area contributed by atoms with E-state index < -0.39 is 35.3 Å². The molecule has 0 saturated heterocycles. The molecule has 2 amide bonds. The monoisotopic (exact) mass is 529 g/mol. The Hall–Kier alpha value is -4.99. The Labute approximate surface area is 220 Å². The molecular weight excluding hydrogens is 507 g/mol. The van der Waals surface area contributed by atoms with Crippen LogP contribution in [-0.2, 0) is 17.6 Å². The van der Waals surface area contributed by atoms with E-state index in [1.165, 1.54) is 42.7 Å². The Bertz CT molecular complexity index is 1680. The number of halogens is 3. The van der Waals surface area contributed by atoms with Crippen molar-refractivity contribution in [2.24, 2.45) is 5.73 Å². The minimum Gasteiger partial charge on any atom is -0.364 e. The number of hydrogen-bond donors (Lipinski definition) is 3. The summed E-state index contributed by atoms with van der Waals surface area (Å²) in [5, 5.41) is 3.50. The van der Waals surface area contributed by atoms with Crippen LogP contribution in [0.25, 0.3) is 22.0 Å². The van der Waals surface area contributed by atoms with Crippen LogP contribution in [0, 0.1) is 17.5 Å². The van der Waals surface area contributed by atoms with Gasteiger partial charge in [0, 0.05) is 41.1 Å². The van der Waals surface area contributed by atoms with E-state index in [0.717, 1.165) is 6.07 Å². The Balaban J connectivity index is 1.52. The number of aromatic nitrogens is 3. The van der Waals surface area contributed by atoms with Crippen LogP contribution in [0.1, 0.15) is 33.4 Å². The van der Waals surface area contributed by atoms with E-state index in [9.17, 15) is 22.8 Å². The number of fused-ring (bicyclic) bond motifs is 1. The fourth-order valence-electron chi connectivity index (χ4n) is 4.57. The highest BCUT2D eigenvalue weighted by molar-refractivity contribution is 5.92. The van der Waals surface area contributed by atoms with E-state index in [-0.39, 0.29) is 18.5 Å². The smallest absolute Gasteiger partial charge is 0.267 e. The predicted octanol–water partition coefficient (Wildman–Crippen LogP) is 4.78. The number of pyridine rings is 2. The van der Waals surface area contributed by atoms with E-state index in [1.54, 1.807) is 30.5 Å². The summed E-state index contributed by atoms with van der Waals surface area (Å²) in [5.74, 6) is -3.06. The average Bonchev–Trinajstić information content (AvgIpc) is 3.29. The molecule has 0 unspecified atom stereocenters. The first-order valence-electron chi connectivity index (χ1n) is 12.0. The van der Waals surface area contributed by atoms with E-state index in [1.807, 2.05) is 0 Å². The molecule has 0 radical (unpaired) electrons. The van der Waals surface area contributed by atoms with E-state index >= 15 is 0 Å². The fraction of sp³-hybridized carbons (Fsp3) is 0.103. The quantitative estimate of drug-likeness (QED) is 0.268. The van der Waals surface area contributed by atoms with Crippen LogP contribution in [0.15, 0.2) is 79.3 Å². The molecule has 0 aliphatic heterocycles. The van der Waals surface area contributed by atoms with E-state index in [2.05, 4.69) is 20.3 Å². The third-order valence-corrected chi connectivity index (χ3v) is 6.27. The maximum atomic E-state index is 14.0. The molecule has 0 fully saturated rings. The number of aromatic amines is 1. The van der Waals surface area contributed by atoms with Crippen LogP contribution in [0.4, 0.5) is 13.2 Å². The van der Waals surface area contributed by atoms with E-state index in [0.29, 0.717) is 38.9 Å². The Morgan fingerprint density at radius 2 is 1.72 bits per heavy atom. The highest BCUT2D eigenvalue weighted by Gasteiger charge is 2.23. The number of H-pyrrole nitrogens is 1. The predicted molar refractivity (Wildman–Crippen MR) is 139 cm³/mol. The van der Waals surface area contributed by atoms with E-state index in [4.69, 9.17) is 5.73 Å². The zero-order valence-electron chi connectivity index (χ0n) is 20.4. The average molecular weight is 530 g/mol. The molecule has 0 saturated carbocycles. The SMILES string of the molecule is NC(=O)c1cc(-c2cccnc2[C@H](Cc2cc(F)cc(F)c2)NC(=O)Cc2c[nH]c3ccc(F)cc23)ccn1. The van der Waals surface area contributed by atoms with Gasteiger partial charge in [-0.25, -0.2) is 13.2 Å². The van der Waals surface area contributed by atoms with Gasteiger partial charge in [-0.1, -0.05) is 6.07 Å². The fourth-order valence-corrected chi connectivity index (χ4v) is 4.57. The molecule has 5 aromatic rings. The molecule has 4 N–H and O–H groups in total. The van der Waals surface area contributed by atoms with Crippen molar-refractivity contribution in [1.82, 2.24) is 20.3 Å². The lowest BCUT2D eigenvalue weighted by Crippen LogP contribution is -2.32. The number of carbonyl (C=O) groups excluding carboxylic acids is 2. The van der Waals surface area contributed by atoms with Crippen molar-refractivity contribution in [2.75, 3.05) is 0 Å². The summed E-state index contributed by atoms with van der Waals surface area (Å²) in [6, 6.07) is 13.2. The summed E-state index contributed by atoms with van der Waals surface area (Å²) in [7, 11) is 0. The lowest BCUT2D eigenvalue weighted by atomic mass is 9.95. The van der Waals surface area contributed by atoms with Gasteiger partial charge in [-0.05, 0) is 71.6 Å². The number of primary amides is 1. The van der Waals surface area contributed by atoms with Crippen molar-refractivity contribution in [2.45, 2.75) is 18.9 Å². The van der Waals surface area contributed by atoms with Crippen molar-refractivity contribution in [3.63, 3.8) is 0 Å². The van der Waals surface area contributed by atoms with Gasteiger partial charge in [0.1, 0.15) is 23.1 Å². The molecule has 0 aliphatic rings. The Morgan fingerprint density at radius 3 is 2.49 bits per heavy atom. The second kappa shape index (κ2) is 10.8. The normalized spacial score (nSPS) is 11.9. The summed E-state index contributed by atoms with van der Waals surface area (Å²) in [6.07, 6.45) is 4.53. The van der Waals surface area contributed by atoms with Gasteiger partial charge in [0.05, 0.1) is 18.2 Å². The maximum Gasteiger partial charge on any atom is 0.267 e. The first-order chi connectivity index (χ1) is 18.8. The number of amides is 2.